The van der Waals surface area contributed by atoms with Gasteiger partial charge >= 0.3 is 12.0 Å². The Morgan fingerprint density at radius 3 is 2.56 bits per heavy atom. The normalized spacial score (nSPS) is 23.5. The Labute approximate surface area is 106 Å². The van der Waals surface area contributed by atoms with Crippen LogP contribution in [0.5, 0.6) is 12.0 Å². The van der Waals surface area contributed by atoms with Crippen LogP contribution in [0.1, 0.15) is 32.6 Å². The SMILES string of the molecule is COc1nc(NN)nc(OC2CCCCC2C)n1. The van der Waals surface area contributed by atoms with Crippen molar-refractivity contribution in [2.75, 3.05) is 12.5 Å². The number of hydrazine groups is 1. The lowest BCUT2D eigenvalue weighted by atomic mass is 9.88. The highest BCUT2D eigenvalue weighted by Crippen LogP contribution is 2.27. The predicted molar refractivity (Wildman–Crippen MR) is 66.2 cm³/mol. The van der Waals surface area contributed by atoms with Gasteiger partial charge in [-0.15, -0.1) is 4.98 Å². The van der Waals surface area contributed by atoms with E-state index in [-0.39, 0.29) is 24.1 Å². The zero-order valence-electron chi connectivity index (χ0n) is 10.7. The average molecular weight is 253 g/mol. The molecule has 1 aliphatic rings. The maximum Gasteiger partial charge on any atom is 0.324 e. The Hall–Kier alpha value is -1.63. The third-order valence-corrected chi connectivity index (χ3v) is 3.20. The maximum atomic E-state index is 5.81. The number of nitrogens with one attached hydrogen (secondary N) is 1. The second-order valence-corrected chi connectivity index (χ2v) is 4.49. The molecule has 1 heterocycles. The van der Waals surface area contributed by atoms with Gasteiger partial charge in [-0.05, 0) is 25.2 Å². The van der Waals surface area contributed by atoms with E-state index in [1.54, 1.807) is 0 Å². The lowest BCUT2D eigenvalue weighted by Crippen LogP contribution is -2.29. The Bertz CT molecular complexity index is 379. The van der Waals surface area contributed by atoms with Gasteiger partial charge in [0.15, 0.2) is 0 Å². The molecule has 0 bridgehead atoms. The molecule has 1 saturated carbocycles. The molecule has 1 fully saturated rings. The number of anilines is 1. The highest BCUT2D eigenvalue weighted by Gasteiger charge is 2.24. The van der Waals surface area contributed by atoms with Crippen LogP contribution in [0.3, 0.4) is 0 Å². The van der Waals surface area contributed by atoms with Crippen molar-refractivity contribution in [2.45, 2.75) is 38.7 Å². The summed E-state index contributed by atoms with van der Waals surface area (Å²) in [6.45, 7) is 2.18. The van der Waals surface area contributed by atoms with Crippen molar-refractivity contribution in [1.82, 2.24) is 15.0 Å². The summed E-state index contributed by atoms with van der Waals surface area (Å²) in [5.41, 5.74) is 2.37. The minimum Gasteiger partial charge on any atom is -0.467 e. The van der Waals surface area contributed by atoms with E-state index in [1.807, 2.05) is 0 Å². The molecule has 0 saturated heterocycles. The summed E-state index contributed by atoms with van der Waals surface area (Å²) in [6, 6.07) is 0.449. The topological polar surface area (TPSA) is 95.2 Å². The number of methoxy groups -OCH3 is 1. The molecule has 2 unspecified atom stereocenters. The molecule has 0 spiro atoms. The summed E-state index contributed by atoms with van der Waals surface area (Å²) >= 11 is 0. The molecule has 0 amide bonds. The van der Waals surface area contributed by atoms with Crippen LogP contribution in [-0.2, 0) is 0 Å². The van der Waals surface area contributed by atoms with Crippen molar-refractivity contribution in [3.8, 4) is 12.0 Å². The van der Waals surface area contributed by atoms with Crippen molar-refractivity contribution >= 4 is 5.95 Å². The average Bonchev–Trinajstić information content (AvgIpc) is 2.41. The third-order valence-electron chi connectivity index (χ3n) is 3.20. The highest BCUT2D eigenvalue weighted by molar-refractivity contribution is 5.25. The lowest BCUT2D eigenvalue weighted by Gasteiger charge is -2.28. The van der Waals surface area contributed by atoms with E-state index in [2.05, 4.69) is 27.3 Å². The quantitative estimate of drug-likeness (QED) is 0.613. The molecule has 1 aliphatic carbocycles. The first-order valence-electron chi connectivity index (χ1n) is 6.16. The van der Waals surface area contributed by atoms with E-state index in [4.69, 9.17) is 15.3 Å². The summed E-state index contributed by atoms with van der Waals surface area (Å²) in [5, 5.41) is 0. The van der Waals surface area contributed by atoms with Gasteiger partial charge in [-0.25, -0.2) is 5.84 Å². The fourth-order valence-corrected chi connectivity index (χ4v) is 2.14. The highest BCUT2D eigenvalue weighted by atomic mass is 16.5. The summed E-state index contributed by atoms with van der Waals surface area (Å²) in [4.78, 5) is 12.1. The van der Waals surface area contributed by atoms with Crippen LogP contribution >= 0.6 is 0 Å². The van der Waals surface area contributed by atoms with Crippen molar-refractivity contribution in [3.05, 3.63) is 0 Å². The third kappa shape index (κ3) is 2.98. The van der Waals surface area contributed by atoms with Gasteiger partial charge < -0.3 is 9.47 Å². The molecule has 3 N–H and O–H groups in total. The van der Waals surface area contributed by atoms with E-state index < -0.39 is 0 Å². The minimum absolute atomic E-state index is 0.150. The molecule has 2 atom stereocenters. The number of nitrogens with two attached hydrogens (primary N) is 1. The van der Waals surface area contributed by atoms with Gasteiger partial charge in [0.2, 0.25) is 5.95 Å². The lowest BCUT2D eigenvalue weighted by molar-refractivity contribution is 0.0911. The zero-order valence-corrected chi connectivity index (χ0v) is 10.7. The number of nitrogens with zero attached hydrogens (tertiary/aromatic N) is 3. The largest absolute Gasteiger partial charge is 0.467 e. The van der Waals surface area contributed by atoms with Crippen molar-refractivity contribution in [3.63, 3.8) is 0 Å². The fourth-order valence-electron chi connectivity index (χ4n) is 2.14. The number of hydrogen-bond acceptors (Lipinski definition) is 7. The van der Waals surface area contributed by atoms with E-state index in [1.165, 1.54) is 26.4 Å². The van der Waals surface area contributed by atoms with E-state index in [0.717, 1.165) is 6.42 Å². The van der Waals surface area contributed by atoms with Crippen LogP contribution in [0, 0.1) is 5.92 Å². The van der Waals surface area contributed by atoms with Crippen LogP contribution in [-0.4, -0.2) is 28.2 Å². The van der Waals surface area contributed by atoms with Gasteiger partial charge in [-0.1, -0.05) is 13.3 Å². The van der Waals surface area contributed by atoms with Gasteiger partial charge in [-0.2, -0.15) is 9.97 Å². The Morgan fingerprint density at radius 1 is 1.17 bits per heavy atom. The Kier molecular flexibility index (Phi) is 4.14. The van der Waals surface area contributed by atoms with Crippen molar-refractivity contribution in [2.24, 2.45) is 11.8 Å². The second-order valence-electron chi connectivity index (χ2n) is 4.49. The molecule has 7 nitrogen and oxygen atoms in total. The van der Waals surface area contributed by atoms with E-state index in [0.29, 0.717) is 5.92 Å². The number of rotatable bonds is 4. The maximum absolute atomic E-state index is 5.81. The van der Waals surface area contributed by atoms with Gasteiger partial charge in [0.05, 0.1) is 7.11 Å². The van der Waals surface area contributed by atoms with E-state index in [9.17, 15) is 0 Å². The molecule has 7 heteroatoms. The summed E-state index contributed by atoms with van der Waals surface area (Å²) in [5.74, 6) is 6.04. The molecular weight excluding hydrogens is 234 g/mol. The monoisotopic (exact) mass is 253 g/mol. The summed E-state index contributed by atoms with van der Waals surface area (Å²) in [7, 11) is 1.49. The molecule has 100 valence electrons. The molecule has 0 radical (unpaired) electrons. The number of aromatic nitrogens is 3. The van der Waals surface area contributed by atoms with Gasteiger partial charge in [-0.3, -0.25) is 5.43 Å². The van der Waals surface area contributed by atoms with Gasteiger partial charge in [0.1, 0.15) is 6.10 Å². The van der Waals surface area contributed by atoms with Crippen LogP contribution in [0.4, 0.5) is 5.95 Å². The molecule has 0 aromatic carbocycles. The first kappa shape index (κ1) is 12.8. The first-order chi connectivity index (χ1) is 8.72. The van der Waals surface area contributed by atoms with Crippen LogP contribution in [0.2, 0.25) is 0 Å². The molecule has 2 rings (SSSR count). The molecule has 0 aliphatic heterocycles. The zero-order chi connectivity index (χ0) is 13.0. The fraction of sp³-hybridized carbons (Fsp3) is 0.727. The van der Waals surface area contributed by atoms with Gasteiger partial charge in [0.25, 0.3) is 0 Å². The molecular formula is C11H19N5O2. The summed E-state index contributed by atoms with van der Waals surface area (Å²) in [6.07, 6.45) is 4.79. The number of nitrogen functional groups attached to an aromatic ring is 1. The van der Waals surface area contributed by atoms with Crippen LogP contribution < -0.4 is 20.7 Å². The number of ether oxygens (including phenoxy) is 2. The van der Waals surface area contributed by atoms with Crippen LogP contribution in [0.25, 0.3) is 0 Å². The molecule has 1 aromatic rings. The van der Waals surface area contributed by atoms with Crippen LogP contribution in [0.15, 0.2) is 0 Å². The van der Waals surface area contributed by atoms with E-state index >= 15 is 0 Å². The second kappa shape index (κ2) is 5.81. The predicted octanol–water partition coefficient (Wildman–Crippen LogP) is 1.12. The molecule has 1 aromatic heterocycles. The van der Waals surface area contributed by atoms with Gasteiger partial charge in [0, 0.05) is 0 Å². The van der Waals surface area contributed by atoms with Crippen molar-refractivity contribution in [1.29, 1.82) is 0 Å². The Morgan fingerprint density at radius 2 is 1.89 bits per heavy atom. The molecule has 18 heavy (non-hydrogen) atoms. The Balaban J connectivity index is 2.12. The standard InChI is InChI=1S/C11H19N5O2/c1-7-5-3-4-6-8(7)18-11-14-9(16-12)13-10(15-11)17-2/h7-8H,3-6,12H2,1-2H3,(H,13,14,15,16). The number of hydrogen-bond donors (Lipinski definition) is 2. The first-order valence-corrected chi connectivity index (χ1v) is 6.16. The van der Waals surface area contributed by atoms with Crippen molar-refractivity contribution < 1.29 is 9.47 Å². The smallest absolute Gasteiger partial charge is 0.324 e. The minimum atomic E-state index is 0.150. The summed E-state index contributed by atoms with van der Waals surface area (Å²) < 4.78 is 10.8.